The van der Waals surface area contributed by atoms with Crippen molar-refractivity contribution in [3.8, 4) is 5.75 Å². The maximum atomic E-state index is 15.3. The summed E-state index contributed by atoms with van der Waals surface area (Å²) in [4.78, 5) is 78.7. The van der Waals surface area contributed by atoms with E-state index >= 15 is 4.39 Å². The van der Waals surface area contributed by atoms with E-state index in [2.05, 4.69) is 10.2 Å². The molecule has 2 atom stereocenters. The Morgan fingerprint density at radius 3 is 2.39 bits per heavy atom. The Balaban J connectivity index is 0.976. The predicted octanol–water partition coefficient (Wildman–Crippen LogP) is 1.68. The number of thioether (sulfide) groups is 1. The van der Waals surface area contributed by atoms with Crippen molar-refractivity contribution >= 4 is 74.7 Å². The fourth-order valence-electron chi connectivity index (χ4n) is 6.82. The number of anilines is 1. The third-order valence-corrected chi connectivity index (χ3v) is 11.0. The lowest BCUT2D eigenvalue weighted by atomic mass is 9.98. The highest BCUT2D eigenvalue weighted by Gasteiger charge is 2.55. The maximum absolute atomic E-state index is 15.3. The zero-order valence-electron chi connectivity index (χ0n) is 29.7. The van der Waals surface area contributed by atoms with Crippen LogP contribution in [0.25, 0.3) is 10.9 Å². The SMILES string of the molecule is CCn1cc(C(=O)O)c(=O)c2cc(F)c(N3CCN(CCOC(=S)SCC4=C(C(=O)O)N5C(=O)[C@@H](NC(=O)Cc6ccc(O)cc6C(=O)O)[C@H]5OC4)CC3)cc21. The summed E-state index contributed by atoms with van der Waals surface area (Å²) in [6.45, 7) is 4.82. The average Bonchev–Trinajstić information content (AvgIpc) is 3.16. The van der Waals surface area contributed by atoms with Gasteiger partial charge in [0.05, 0.1) is 29.8 Å². The number of amides is 2. The molecule has 0 aliphatic carbocycles. The van der Waals surface area contributed by atoms with E-state index in [1.807, 2.05) is 4.90 Å². The van der Waals surface area contributed by atoms with Crippen LogP contribution in [0.1, 0.15) is 33.2 Å². The number of carboxylic acid groups (broad SMARTS) is 3. The molecule has 0 radical (unpaired) electrons. The van der Waals surface area contributed by atoms with E-state index in [0.717, 1.165) is 28.8 Å². The Labute approximate surface area is 326 Å². The number of phenolic OH excluding ortho intramolecular Hbond substituents is 1. The second-order valence-corrected chi connectivity index (χ2v) is 14.6. The molecule has 3 aliphatic rings. The Bertz CT molecular complexity index is 2240. The van der Waals surface area contributed by atoms with Crippen molar-refractivity contribution in [3.05, 3.63) is 80.5 Å². The molecule has 2 amide bonds. The number of nitrogens with one attached hydrogen (secondary N) is 1. The molecule has 3 aliphatic heterocycles. The number of carbonyl (C=O) groups excluding carboxylic acids is 2. The molecule has 2 fully saturated rings. The zero-order chi connectivity index (χ0) is 40.4. The number of hydrogen-bond donors (Lipinski definition) is 5. The van der Waals surface area contributed by atoms with Crippen molar-refractivity contribution < 1.29 is 58.3 Å². The minimum atomic E-state index is -1.38. The lowest BCUT2D eigenvalue weighted by molar-refractivity contribution is -0.184. The number of aromatic hydroxyl groups is 1. The molecule has 3 aromatic rings. The maximum Gasteiger partial charge on any atom is 0.352 e. The molecule has 56 heavy (non-hydrogen) atoms. The van der Waals surface area contributed by atoms with Crippen LogP contribution in [0, 0.1) is 5.82 Å². The molecule has 5 N–H and O–H groups in total. The summed E-state index contributed by atoms with van der Waals surface area (Å²) >= 11 is 6.40. The van der Waals surface area contributed by atoms with Crippen molar-refractivity contribution in [2.24, 2.45) is 0 Å². The van der Waals surface area contributed by atoms with Gasteiger partial charge in [0, 0.05) is 56.6 Å². The number of aryl methyl sites for hydroxylation is 1. The minimum Gasteiger partial charge on any atom is -0.508 e. The first kappa shape index (κ1) is 40.1. The van der Waals surface area contributed by atoms with Gasteiger partial charge in [-0.3, -0.25) is 24.2 Å². The first-order chi connectivity index (χ1) is 26.7. The van der Waals surface area contributed by atoms with Crippen LogP contribution in [-0.4, -0.2) is 133 Å². The molecule has 20 heteroatoms. The molecular formula is C36H36FN5O12S2. The number of β-lactam (4-membered cyclic amide) rings is 1. The molecule has 0 spiro atoms. The van der Waals surface area contributed by atoms with Crippen LogP contribution >= 0.6 is 24.0 Å². The number of phenols is 1. The smallest absolute Gasteiger partial charge is 0.352 e. The van der Waals surface area contributed by atoms with Crippen LogP contribution in [0.2, 0.25) is 0 Å². The fourth-order valence-corrected chi connectivity index (χ4v) is 7.76. The number of rotatable bonds is 13. The van der Waals surface area contributed by atoms with E-state index in [4.69, 9.17) is 21.7 Å². The van der Waals surface area contributed by atoms with Gasteiger partial charge in [-0.05, 0) is 54.5 Å². The number of benzene rings is 2. The molecule has 6 rings (SSSR count). The van der Waals surface area contributed by atoms with E-state index in [-0.39, 0.29) is 56.9 Å². The normalized spacial score (nSPS) is 18.4. The molecule has 1 aromatic heterocycles. The highest BCUT2D eigenvalue weighted by Crippen LogP contribution is 2.34. The monoisotopic (exact) mass is 813 g/mol. The third kappa shape index (κ3) is 8.18. The van der Waals surface area contributed by atoms with Crippen molar-refractivity contribution in [3.63, 3.8) is 0 Å². The van der Waals surface area contributed by atoms with Gasteiger partial charge >= 0.3 is 17.9 Å². The van der Waals surface area contributed by atoms with Crippen molar-refractivity contribution in [2.45, 2.75) is 32.2 Å². The first-order valence-corrected chi connectivity index (χ1v) is 18.7. The Morgan fingerprint density at radius 1 is 1.02 bits per heavy atom. The molecule has 0 bridgehead atoms. The lowest BCUT2D eigenvalue weighted by Gasteiger charge is -2.49. The number of nitrogens with zero attached hydrogens (tertiary/aromatic N) is 4. The number of halogens is 1. The Hall–Kier alpha value is -5.57. The Kier molecular flexibility index (Phi) is 11.9. The van der Waals surface area contributed by atoms with Crippen LogP contribution in [0.4, 0.5) is 10.1 Å². The van der Waals surface area contributed by atoms with Gasteiger partial charge in [-0.15, -0.1) is 0 Å². The fraction of sp³-hybridized carbons (Fsp3) is 0.361. The number of ether oxygens (including phenoxy) is 2. The number of hydrogen-bond acceptors (Lipinski definition) is 13. The van der Waals surface area contributed by atoms with Gasteiger partial charge in [0.1, 0.15) is 29.4 Å². The number of carbonyl (C=O) groups is 5. The van der Waals surface area contributed by atoms with Gasteiger partial charge in [-0.1, -0.05) is 17.8 Å². The molecular weight excluding hydrogens is 778 g/mol. The van der Waals surface area contributed by atoms with Crippen LogP contribution in [0.15, 0.2) is 52.6 Å². The van der Waals surface area contributed by atoms with Gasteiger partial charge in [-0.25, -0.2) is 18.8 Å². The molecule has 2 aromatic carbocycles. The third-order valence-electron chi connectivity index (χ3n) is 9.67. The van der Waals surface area contributed by atoms with Crippen LogP contribution in [-0.2, 0) is 36.8 Å². The number of fused-ring (bicyclic) bond motifs is 2. The van der Waals surface area contributed by atoms with E-state index in [1.165, 1.54) is 18.3 Å². The quantitative estimate of drug-likeness (QED) is 0.122. The zero-order valence-corrected chi connectivity index (χ0v) is 31.4. The largest absolute Gasteiger partial charge is 0.508 e. The average molecular weight is 814 g/mol. The van der Waals surface area contributed by atoms with Crippen LogP contribution in [0.5, 0.6) is 5.75 Å². The summed E-state index contributed by atoms with van der Waals surface area (Å²) < 4.78 is 28.5. The summed E-state index contributed by atoms with van der Waals surface area (Å²) in [6.07, 6.45) is -0.228. The lowest BCUT2D eigenvalue weighted by Crippen LogP contribution is -2.73. The number of pyridine rings is 1. The number of aromatic nitrogens is 1. The van der Waals surface area contributed by atoms with E-state index in [0.29, 0.717) is 50.5 Å². The topological polar surface area (TPSA) is 228 Å². The summed E-state index contributed by atoms with van der Waals surface area (Å²) in [7, 11) is 0. The first-order valence-electron chi connectivity index (χ1n) is 17.3. The van der Waals surface area contributed by atoms with Gasteiger partial charge in [0.15, 0.2) is 12.3 Å². The van der Waals surface area contributed by atoms with Gasteiger partial charge in [0.25, 0.3) is 5.91 Å². The van der Waals surface area contributed by atoms with Crippen LogP contribution < -0.4 is 15.6 Å². The number of piperazine rings is 1. The molecule has 0 unspecified atom stereocenters. The van der Waals surface area contributed by atoms with Crippen molar-refractivity contribution in [1.82, 2.24) is 19.7 Å². The molecule has 2 saturated heterocycles. The second-order valence-electron chi connectivity index (χ2n) is 13.0. The van der Waals surface area contributed by atoms with E-state index < -0.39 is 65.2 Å². The van der Waals surface area contributed by atoms with E-state index in [1.54, 1.807) is 17.6 Å². The van der Waals surface area contributed by atoms with Gasteiger partial charge in [-0.2, -0.15) is 0 Å². The summed E-state index contributed by atoms with van der Waals surface area (Å²) in [6, 6.07) is 5.00. The van der Waals surface area contributed by atoms with Gasteiger partial charge in [0.2, 0.25) is 15.7 Å². The van der Waals surface area contributed by atoms with E-state index in [9.17, 15) is 49.2 Å². The van der Waals surface area contributed by atoms with Gasteiger partial charge < -0.3 is 44.7 Å². The molecule has 17 nitrogen and oxygen atoms in total. The number of aliphatic carboxylic acids is 1. The standard InChI is InChI=1S/C36H36FN5O12S2/c1-2-40-15-23(34(49)50)30(45)22-13-24(37)26(14-25(22)40)41-7-5-39(6-8-41)9-10-53-36(55)56-17-19-16-54-32-28(31(46)42(32)29(19)35(51)52)38-27(44)11-18-3-4-20(43)12-21(18)33(47)48/h3-4,12-15,28,32,43H,2,5-11,16-17H2,1H3,(H,38,44)(H,47,48)(H,49,50)(H,51,52)/t28-,32-/m1/s1. The summed E-state index contributed by atoms with van der Waals surface area (Å²) in [5, 5.41) is 40.8. The second kappa shape index (κ2) is 16.7. The Morgan fingerprint density at radius 2 is 1.73 bits per heavy atom. The van der Waals surface area contributed by atoms with Crippen LogP contribution in [0.3, 0.4) is 0 Å². The summed E-state index contributed by atoms with van der Waals surface area (Å²) in [5.41, 5.74) is -0.601. The highest BCUT2D eigenvalue weighted by atomic mass is 32.2. The predicted molar refractivity (Wildman–Crippen MR) is 202 cm³/mol. The molecule has 296 valence electrons. The molecule has 0 saturated carbocycles. The number of carboxylic acids is 3. The van der Waals surface area contributed by atoms with Crippen molar-refractivity contribution in [2.75, 3.05) is 56.6 Å². The summed E-state index contributed by atoms with van der Waals surface area (Å²) in [5.74, 6) is -6.38. The van der Waals surface area contributed by atoms with Crippen molar-refractivity contribution in [1.29, 1.82) is 0 Å². The minimum absolute atomic E-state index is 0.000389. The molecule has 4 heterocycles. The number of thiocarbonyl (C=S) groups is 1. The highest BCUT2D eigenvalue weighted by molar-refractivity contribution is 8.22. The number of aromatic carboxylic acids is 2.